The second kappa shape index (κ2) is 10.3. The first-order valence-corrected chi connectivity index (χ1v) is 8.88. The van der Waals surface area contributed by atoms with Crippen molar-refractivity contribution < 1.29 is 14.3 Å². The monoisotopic (exact) mass is 373 g/mol. The Morgan fingerprint density at radius 1 is 1.19 bits per heavy atom. The van der Waals surface area contributed by atoms with Crippen molar-refractivity contribution in [1.29, 1.82) is 0 Å². The fraction of sp³-hybridized carbons (Fsp3) is 0.421. The zero-order valence-corrected chi connectivity index (χ0v) is 16.0. The van der Waals surface area contributed by atoms with Gasteiger partial charge in [-0.15, -0.1) is 0 Å². The maximum absolute atomic E-state index is 12.0. The molecule has 4 N–H and O–H groups in total. The van der Waals surface area contributed by atoms with Crippen molar-refractivity contribution in [3.05, 3.63) is 36.2 Å². The van der Waals surface area contributed by atoms with Gasteiger partial charge in [0.25, 0.3) is 0 Å². The van der Waals surface area contributed by atoms with E-state index in [9.17, 15) is 4.79 Å². The summed E-state index contributed by atoms with van der Waals surface area (Å²) in [7, 11) is 1.66. The van der Waals surface area contributed by atoms with Crippen LogP contribution in [0.25, 0.3) is 0 Å². The number of anilines is 4. The molecule has 27 heavy (non-hydrogen) atoms. The van der Waals surface area contributed by atoms with E-state index in [0.29, 0.717) is 48.6 Å². The van der Waals surface area contributed by atoms with E-state index in [-0.39, 0.29) is 5.97 Å². The molecular weight excluding hydrogens is 346 g/mol. The largest absolute Gasteiger partial charge is 0.462 e. The number of benzene rings is 1. The van der Waals surface area contributed by atoms with Crippen molar-refractivity contribution in [3.63, 3.8) is 0 Å². The molecule has 0 bridgehead atoms. The topological polar surface area (TPSA) is 111 Å². The van der Waals surface area contributed by atoms with Gasteiger partial charge in [0.15, 0.2) is 11.6 Å². The summed E-state index contributed by atoms with van der Waals surface area (Å²) in [6, 6.07) is 6.96. The first-order valence-electron chi connectivity index (χ1n) is 8.88. The molecule has 0 aliphatic carbocycles. The maximum Gasteiger partial charge on any atom is 0.338 e. The van der Waals surface area contributed by atoms with Gasteiger partial charge in [0.2, 0.25) is 0 Å². The number of hydrogen-bond donors (Lipinski definition) is 3. The molecule has 0 saturated carbocycles. The van der Waals surface area contributed by atoms with Crippen molar-refractivity contribution in [2.24, 2.45) is 5.92 Å². The summed E-state index contributed by atoms with van der Waals surface area (Å²) in [4.78, 5) is 20.3. The van der Waals surface area contributed by atoms with E-state index in [4.69, 9.17) is 15.2 Å². The molecule has 0 amide bonds. The zero-order chi connectivity index (χ0) is 19.6. The van der Waals surface area contributed by atoms with Gasteiger partial charge in [-0.05, 0) is 36.6 Å². The van der Waals surface area contributed by atoms with Crippen molar-refractivity contribution in [2.45, 2.75) is 20.3 Å². The number of esters is 1. The quantitative estimate of drug-likeness (QED) is 0.430. The van der Waals surface area contributed by atoms with Gasteiger partial charge in [-0.1, -0.05) is 13.8 Å². The highest BCUT2D eigenvalue weighted by atomic mass is 16.5. The van der Waals surface area contributed by atoms with Crippen LogP contribution in [-0.2, 0) is 9.47 Å². The van der Waals surface area contributed by atoms with Crippen LogP contribution in [0.1, 0.15) is 30.6 Å². The first kappa shape index (κ1) is 20.4. The molecule has 0 saturated heterocycles. The van der Waals surface area contributed by atoms with Crippen LogP contribution < -0.4 is 16.4 Å². The van der Waals surface area contributed by atoms with Crippen molar-refractivity contribution >= 4 is 29.0 Å². The number of nitrogens with one attached hydrogen (secondary N) is 2. The lowest BCUT2D eigenvalue weighted by Gasteiger charge is -2.13. The lowest BCUT2D eigenvalue weighted by Crippen LogP contribution is -2.11. The second-order valence-corrected chi connectivity index (χ2v) is 6.45. The third kappa shape index (κ3) is 6.41. The first-order chi connectivity index (χ1) is 13.0. The number of nitrogens with two attached hydrogens (primary N) is 1. The third-order valence-corrected chi connectivity index (χ3v) is 3.63. The minimum Gasteiger partial charge on any atom is -0.462 e. The second-order valence-electron chi connectivity index (χ2n) is 6.45. The Balaban J connectivity index is 1.99. The van der Waals surface area contributed by atoms with Gasteiger partial charge in [-0.25, -0.2) is 14.8 Å². The molecule has 0 unspecified atom stereocenters. The van der Waals surface area contributed by atoms with Gasteiger partial charge in [-0.2, -0.15) is 0 Å². The number of aromatic nitrogens is 2. The average molecular weight is 373 g/mol. The molecule has 1 aromatic carbocycles. The van der Waals surface area contributed by atoms with Crippen molar-refractivity contribution in [3.8, 4) is 0 Å². The molecule has 0 atom stereocenters. The molecule has 0 radical (unpaired) electrons. The third-order valence-electron chi connectivity index (χ3n) is 3.63. The Labute approximate surface area is 159 Å². The van der Waals surface area contributed by atoms with Crippen LogP contribution in [0.3, 0.4) is 0 Å². The Hall–Kier alpha value is -2.87. The molecule has 1 aromatic heterocycles. The number of rotatable bonds is 10. The zero-order valence-electron chi connectivity index (χ0n) is 16.0. The highest BCUT2D eigenvalue weighted by Crippen LogP contribution is 2.25. The number of hydrogen-bond acceptors (Lipinski definition) is 8. The summed E-state index contributed by atoms with van der Waals surface area (Å²) in [5.41, 5.74) is 7.82. The van der Waals surface area contributed by atoms with Gasteiger partial charge in [0.1, 0.15) is 12.0 Å². The molecular formula is C19H27N5O3. The van der Waals surface area contributed by atoms with Crippen LogP contribution in [0.15, 0.2) is 30.6 Å². The normalized spacial score (nSPS) is 10.7. The minimum absolute atomic E-state index is 0.299. The van der Waals surface area contributed by atoms with Gasteiger partial charge >= 0.3 is 5.97 Å². The predicted molar refractivity (Wildman–Crippen MR) is 106 cm³/mol. The van der Waals surface area contributed by atoms with Crippen LogP contribution in [0.4, 0.5) is 23.0 Å². The van der Waals surface area contributed by atoms with Gasteiger partial charge < -0.3 is 25.8 Å². The van der Waals surface area contributed by atoms with E-state index in [0.717, 1.165) is 12.1 Å². The highest BCUT2D eigenvalue weighted by molar-refractivity contribution is 5.90. The lowest BCUT2D eigenvalue weighted by molar-refractivity contribution is 0.0459. The van der Waals surface area contributed by atoms with Gasteiger partial charge in [0, 0.05) is 25.9 Å². The number of methoxy groups -OCH3 is 1. The van der Waals surface area contributed by atoms with E-state index >= 15 is 0 Å². The van der Waals surface area contributed by atoms with Gasteiger partial charge in [0.05, 0.1) is 12.2 Å². The molecule has 0 fully saturated rings. The molecule has 8 nitrogen and oxygen atoms in total. The fourth-order valence-corrected chi connectivity index (χ4v) is 2.21. The predicted octanol–water partition coefficient (Wildman–Crippen LogP) is 3.06. The summed E-state index contributed by atoms with van der Waals surface area (Å²) in [6.07, 6.45) is 2.28. The Kier molecular flexibility index (Phi) is 7.81. The fourth-order valence-electron chi connectivity index (χ4n) is 2.21. The Morgan fingerprint density at radius 2 is 1.89 bits per heavy atom. The maximum atomic E-state index is 12.0. The van der Waals surface area contributed by atoms with Crippen LogP contribution in [0, 0.1) is 5.92 Å². The van der Waals surface area contributed by atoms with E-state index in [1.54, 1.807) is 31.4 Å². The van der Waals surface area contributed by atoms with Crippen LogP contribution in [0.2, 0.25) is 0 Å². The molecule has 0 aliphatic rings. The number of carbonyl (C=O) groups excluding carboxylic acids is 1. The molecule has 146 valence electrons. The number of nitrogen functional groups attached to an aromatic ring is 1. The number of nitrogens with zero attached hydrogens (tertiary/aromatic N) is 2. The Morgan fingerprint density at radius 3 is 2.56 bits per heavy atom. The van der Waals surface area contributed by atoms with Gasteiger partial charge in [-0.3, -0.25) is 0 Å². The molecule has 0 aliphatic heterocycles. The number of carbonyl (C=O) groups is 1. The summed E-state index contributed by atoms with van der Waals surface area (Å²) < 4.78 is 10.2. The average Bonchev–Trinajstić information content (AvgIpc) is 2.66. The smallest absolute Gasteiger partial charge is 0.338 e. The standard InChI is InChI=1S/C19H27N5O3/c1-13(2)11-27-19(25)14-5-7-15(8-6-14)24-18-16(20)17(22-12-23-18)21-9-4-10-26-3/h5-8,12-13H,4,9-11,20H2,1-3H3,(H2,21,22,23,24). The van der Waals surface area contributed by atoms with Crippen LogP contribution in [0.5, 0.6) is 0 Å². The van der Waals surface area contributed by atoms with E-state index in [1.807, 2.05) is 13.8 Å². The lowest BCUT2D eigenvalue weighted by atomic mass is 10.2. The van der Waals surface area contributed by atoms with Crippen molar-refractivity contribution in [1.82, 2.24) is 9.97 Å². The SMILES string of the molecule is COCCCNc1ncnc(Nc2ccc(C(=O)OCC(C)C)cc2)c1N. The van der Waals surface area contributed by atoms with E-state index in [1.165, 1.54) is 6.33 Å². The molecule has 1 heterocycles. The molecule has 8 heteroatoms. The summed E-state index contributed by atoms with van der Waals surface area (Å²) in [5.74, 6) is 1.03. The Bertz CT molecular complexity index is 735. The van der Waals surface area contributed by atoms with Crippen molar-refractivity contribution in [2.75, 3.05) is 43.2 Å². The molecule has 0 spiro atoms. The van der Waals surface area contributed by atoms with Crippen LogP contribution in [-0.4, -0.2) is 42.8 Å². The summed E-state index contributed by atoms with van der Waals surface area (Å²) in [6.45, 7) is 5.74. The van der Waals surface area contributed by atoms with E-state index < -0.39 is 0 Å². The molecule has 2 aromatic rings. The van der Waals surface area contributed by atoms with Crippen LogP contribution >= 0.6 is 0 Å². The summed E-state index contributed by atoms with van der Waals surface area (Å²) >= 11 is 0. The number of ether oxygens (including phenoxy) is 2. The summed E-state index contributed by atoms with van der Waals surface area (Å²) in [5, 5.41) is 6.30. The molecule has 2 rings (SSSR count). The highest BCUT2D eigenvalue weighted by Gasteiger charge is 2.10. The van der Waals surface area contributed by atoms with E-state index in [2.05, 4.69) is 20.6 Å². The minimum atomic E-state index is -0.334.